The third-order valence-corrected chi connectivity index (χ3v) is 6.33. The van der Waals surface area contributed by atoms with Gasteiger partial charge in [0.2, 0.25) is 0 Å². The summed E-state index contributed by atoms with van der Waals surface area (Å²) in [4.78, 5) is 27.9. The molecule has 6 heteroatoms. The fourth-order valence-corrected chi connectivity index (χ4v) is 4.43. The first-order valence-electron chi connectivity index (χ1n) is 12.3. The molecule has 1 saturated heterocycles. The Morgan fingerprint density at radius 3 is 2.44 bits per heavy atom. The number of benzene rings is 3. The smallest absolute Gasteiger partial charge is 0.295 e. The van der Waals surface area contributed by atoms with E-state index in [9.17, 15) is 19.1 Å². The number of likely N-dealkylation sites (tertiary alicyclic amines) is 1. The third-order valence-electron chi connectivity index (χ3n) is 6.33. The molecule has 0 spiro atoms. The van der Waals surface area contributed by atoms with Crippen LogP contribution in [0, 0.1) is 5.82 Å². The van der Waals surface area contributed by atoms with Crippen molar-refractivity contribution in [3.05, 3.63) is 107 Å². The van der Waals surface area contributed by atoms with Gasteiger partial charge in [0.1, 0.15) is 17.3 Å². The van der Waals surface area contributed by atoms with Crippen LogP contribution < -0.4 is 4.74 Å². The van der Waals surface area contributed by atoms with Gasteiger partial charge in [0.15, 0.2) is 0 Å². The van der Waals surface area contributed by atoms with Crippen LogP contribution in [0.5, 0.6) is 5.75 Å². The Kier molecular flexibility index (Phi) is 8.16. The Labute approximate surface area is 210 Å². The highest BCUT2D eigenvalue weighted by atomic mass is 19.1. The lowest BCUT2D eigenvalue weighted by Crippen LogP contribution is -2.31. The highest BCUT2D eigenvalue weighted by molar-refractivity contribution is 6.46. The summed E-state index contributed by atoms with van der Waals surface area (Å²) in [6.45, 7) is 2.99. The van der Waals surface area contributed by atoms with Gasteiger partial charge in [0.05, 0.1) is 18.2 Å². The Morgan fingerprint density at radius 2 is 1.72 bits per heavy atom. The number of ketones is 1. The van der Waals surface area contributed by atoms with E-state index in [-0.39, 0.29) is 16.9 Å². The van der Waals surface area contributed by atoms with Crippen molar-refractivity contribution in [1.29, 1.82) is 0 Å². The fourth-order valence-electron chi connectivity index (χ4n) is 4.43. The number of hydrogen-bond donors (Lipinski definition) is 1. The summed E-state index contributed by atoms with van der Waals surface area (Å²) in [6, 6.07) is 21.4. The van der Waals surface area contributed by atoms with Crippen LogP contribution in [0.1, 0.15) is 48.9 Å². The molecule has 1 aliphatic heterocycles. The van der Waals surface area contributed by atoms with Crippen LogP contribution in [0.15, 0.2) is 84.4 Å². The number of unbranched alkanes of at least 4 members (excludes halogenated alkanes) is 2. The van der Waals surface area contributed by atoms with Gasteiger partial charge in [-0.05, 0) is 60.4 Å². The van der Waals surface area contributed by atoms with Gasteiger partial charge in [-0.2, -0.15) is 0 Å². The highest BCUT2D eigenvalue weighted by Crippen LogP contribution is 2.40. The minimum absolute atomic E-state index is 0.0113. The van der Waals surface area contributed by atoms with E-state index in [0.29, 0.717) is 30.9 Å². The van der Waals surface area contributed by atoms with Crippen molar-refractivity contribution in [2.24, 2.45) is 0 Å². The van der Waals surface area contributed by atoms with E-state index in [1.807, 2.05) is 54.6 Å². The van der Waals surface area contributed by atoms with Gasteiger partial charge in [0.25, 0.3) is 11.7 Å². The maximum Gasteiger partial charge on any atom is 0.295 e. The second-order valence-electron chi connectivity index (χ2n) is 8.86. The molecule has 0 aliphatic carbocycles. The molecule has 1 amide bonds. The van der Waals surface area contributed by atoms with E-state index in [2.05, 4.69) is 6.92 Å². The van der Waals surface area contributed by atoms with Crippen molar-refractivity contribution in [1.82, 2.24) is 4.90 Å². The first-order chi connectivity index (χ1) is 17.5. The maximum atomic E-state index is 13.5. The van der Waals surface area contributed by atoms with Gasteiger partial charge in [-0.15, -0.1) is 0 Å². The number of carbonyl (C=O) groups excluding carboxylic acids is 2. The average molecular weight is 488 g/mol. The number of aliphatic hydroxyl groups is 1. The largest absolute Gasteiger partial charge is 0.507 e. The standard InChI is InChI=1S/C30H30FNO4/c1-2-3-7-19-36-25-12-8-11-23(20-25)27-26(28(33)22-13-15-24(31)16-14-22)29(34)30(35)32(27)18-17-21-9-5-4-6-10-21/h4-6,8-16,20,27,33H,2-3,7,17-19H2,1H3/b28-26+. The molecule has 0 aromatic heterocycles. The molecule has 3 aromatic carbocycles. The number of carbonyl (C=O) groups is 2. The Hall–Kier alpha value is -3.93. The molecule has 5 nitrogen and oxygen atoms in total. The fraction of sp³-hybridized carbons (Fsp3) is 0.267. The summed E-state index contributed by atoms with van der Waals surface area (Å²) in [6.07, 6.45) is 3.63. The van der Waals surface area contributed by atoms with Crippen LogP contribution in [0.2, 0.25) is 0 Å². The molecule has 4 rings (SSSR count). The average Bonchev–Trinajstić information content (AvgIpc) is 3.16. The Bertz CT molecular complexity index is 1240. The number of halogens is 1. The topological polar surface area (TPSA) is 66.8 Å². The van der Waals surface area contributed by atoms with Gasteiger partial charge in [0, 0.05) is 12.1 Å². The Balaban J connectivity index is 1.72. The molecule has 1 aliphatic rings. The molecule has 36 heavy (non-hydrogen) atoms. The van der Waals surface area contributed by atoms with Crippen LogP contribution >= 0.6 is 0 Å². The normalized spacial score (nSPS) is 16.9. The molecule has 1 heterocycles. The van der Waals surface area contributed by atoms with E-state index in [4.69, 9.17) is 4.74 Å². The number of amides is 1. The van der Waals surface area contributed by atoms with E-state index in [1.54, 1.807) is 0 Å². The number of aliphatic hydroxyl groups excluding tert-OH is 1. The number of hydrogen-bond acceptors (Lipinski definition) is 4. The van der Waals surface area contributed by atoms with Crippen LogP contribution in [0.3, 0.4) is 0 Å². The summed E-state index contributed by atoms with van der Waals surface area (Å²) in [5.41, 5.74) is 1.96. The summed E-state index contributed by atoms with van der Waals surface area (Å²) in [5, 5.41) is 11.1. The van der Waals surface area contributed by atoms with Gasteiger partial charge in [-0.25, -0.2) is 4.39 Å². The van der Waals surface area contributed by atoms with Crippen LogP contribution in [0.25, 0.3) is 5.76 Å². The number of ether oxygens (including phenoxy) is 1. The van der Waals surface area contributed by atoms with Gasteiger partial charge in [-0.3, -0.25) is 9.59 Å². The predicted molar refractivity (Wildman–Crippen MR) is 137 cm³/mol. The van der Waals surface area contributed by atoms with E-state index in [0.717, 1.165) is 24.8 Å². The number of Topliss-reactive ketones (excluding diaryl/α,β-unsaturated/α-hetero) is 1. The van der Waals surface area contributed by atoms with Crippen molar-refractivity contribution in [2.45, 2.75) is 38.6 Å². The SMILES string of the molecule is CCCCCOc1cccc(C2/C(=C(\O)c3ccc(F)cc3)C(=O)C(=O)N2CCc2ccccc2)c1. The molecule has 1 N–H and O–H groups in total. The zero-order valence-corrected chi connectivity index (χ0v) is 20.3. The van der Waals surface area contributed by atoms with Crippen LogP contribution in [0.4, 0.5) is 4.39 Å². The summed E-state index contributed by atoms with van der Waals surface area (Å²) in [7, 11) is 0. The lowest BCUT2D eigenvalue weighted by atomic mass is 9.95. The summed E-state index contributed by atoms with van der Waals surface area (Å²) in [5.74, 6) is -1.58. The molecule has 0 bridgehead atoms. The monoisotopic (exact) mass is 487 g/mol. The first-order valence-corrected chi connectivity index (χ1v) is 12.3. The minimum Gasteiger partial charge on any atom is -0.507 e. The molecular formula is C30H30FNO4. The van der Waals surface area contributed by atoms with E-state index < -0.39 is 23.5 Å². The van der Waals surface area contributed by atoms with Gasteiger partial charge < -0.3 is 14.7 Å². The molecule has 186 valence electrons. The van der Waals surface area contributed by atoms with Crippen molar-refractivity contribution >= 4 is 17.4 Å². The molecule has 3 aromatic rings. The Morgan fingerprint density at radius 1 is 0.972 bits per heavy atom. The quantitative estimate of drug-likeness (QED) is 0.163. The van der Waals surface area contributed by atoms with E-state index >= 15 is 0 Å². The molecule has 0 radical (unpaired) electrons. The lowest BCUT2D eigenvalue weighted by molar-refractivity contribution is -0.139. The maximum absolute atomic E-state index is 13.5. The minimum atomic E-state index is -0.794. The second-order valence-corrected chi connectivity index (χ2v) is 8.86. The van der Waals surface area contributed by atoms with Crippen molar-refractivity contribution in [2.75, 3.05) is 13.2 Å². The number of rotatable bonds is 10. The second kappa shape index (κ2) is 11.7. The van der Waals surface area contributed by atoms with E-state index in [1.165, 1.54) is 29.2 Å². The zero-order chi connectivity index (χ0) is 25.5. The van der Waals surface area contributed by atoms with Gasteiger partial charge in [-0.1, -0.05) is 62.2 Å². The third kappa shape index (κ3) is 5.65. The predicted octanol–water partition coefficient (Wildman–Crippen LogP) is 6.06. The number of nitrogens with zero attached hydrogens (tertiary/aromatic N) is 1. The first kappa shape index (κ1) is 25.2. The zero-order valence-electron chi connectivity index (χ0n) is 20.3. The summed E-state index contributed by atoms with van der Waals surface area (Å²) < 4.78 is 19.4. The highest BCUT2D eigenvalue weighted by Gasteiger charge is 2.46. The molecule has 0 saturated carbocycles. The van der Waals surface area contributed by atoms with Crippen molar-refractivity contribution in [3.63, 3.8) is 0 Å². The molecule has 1 atom stereocenters. The summed E-state index contributed by atoms with van der Waals surface area (Å²) >= 11 is 0. The molecular weight excluding hydrogens is 457 g/mol. The van der Waals surface area contributed by atoms with Crippen molar-refractivity contribution in [3.8, 4) is 5.75 Å². The van der Waals surface area contributed by atoms with Crippen molar-refractivity contribution < 1.29 is 23.8 Å². The molecule has 1 fully saturated rings. The van der Waals surface area contributed by atoms with Crippen LogP contribution in [-0.2, 0) is 16.0 Å². The van der Waals surface area contributed by atoms with Gasteiger partial charge >= 0.3 is 0 Å². The lowest BCUT2D eigenvalue weighted by Gasteiger charge is -2.26. The molecule has 1 unspecified atom stereocenters. The van der Waals surface area contributed by atoms with Crippen LogP contribution in [-0.4, -0.2) is 34.8 Å².